The SMILES string of the molecule is COc1cccc(C(=O)N2CCC[C@H](CCC(=O)N3CCN(c4ccccn4)CC3)C2)c1. The van der Waals surface area contributed by atoms with Crippen molar-refractivity contribution in [1.82, 2.24) is 14.8 Å². The summed E-state index contributed by atoms with van der Waals surface area (Å²) < 4.78 is 5.25. The topological polar surface area (TPSA) is 66.0 Å². The van der Waals surface area contributed by atoms with Gasteiger partial charge in [-0.2, -0.15) is 0 Å². The van der Waals surface area contributed by atoms with Crippen LogP contribution >= 0.6 is 0 Å². The van der Waals surface area contributed by atoms with E-state index in [2.05, 4.69) is 9.88 Å². The second kappa shape index (κ2) is 10.5. The zero-order valence-corrected chi connectivity index (χ0v) is 18.8. The zero-order valence-electron chi connectivity index (χ0n) is 18.8. The Bertz CT molecular complexity index is 912. The minimum absolute atomic E-state index is 0.0468. The number of piperazine rings is 1. The fourth-order valence-electron chi connectivity index (χ4n) is 4.64. The number of pyridine rings is 1. The van der Waals surface area contributed by atoms with Gasteiger partial charge in [-0.1, -0.05) is 12.1 Å². The van der Waals surface area contributed by atoms with Crippen LogP contribution in [0.5, 0.6) is 5.75 Å². The number of benzene rings is 1. The maximum Gasteiger partial charge on any atom is 0.253 e. The quantitative estimate of drug-likeness (QED) is 0.696. The molecule has 4 rings (SSSR count). The molecular formula is C25H32N4O3. The number of rotatable bonds is 6. The summed E-state index contributed by atoms with van der Waals surface area (Å²) in [5, 5.41) is 0. The van der Waals surface area contributed by atoms with Crippen LogP contribution in [-0.2, 0) is 4.79 Å². The molecule has 2 aromatic rings. The molecule has 0 aliphatic carbocycles. The third kappa shape index (κ3) is 5.39. The summed E-state index contributed by atoms with van der Waals surface area (Å²) in [6.07, 6.45) is 5.25. The van der Waals surface area contributed by atoms with Gasteiger partial charge in [0.15, 0.2) is 0 Å². The van der Waals surface area contributed by atoms with Crippen LogP contribution in [0.3, 0.4) is 0 Å². The van der Waals surface area contributed by atoms with E-state index in [1.807, 2.05) is 46.2 Å². The first-order valence-corrected chi connectivity index (χ1v) is 11.5. The lowest BCUT2D eigenvalue weighted by molar-refractivity contribution is -0.131. The summed E-state index contributed by atoms with van der Waals surface area (Å²) in [5.41, 5.74) is 0.659. The third-order valence-corrected chi connectivity index (χ3v) is 6.49. The van der Waals surface area contributed by atoms with E-state index in [1.165, 1.54) is 0 Å². The molecule has 0 spiro atoms. The maximum atomic E-state index is 12.9. The smallest absolute Gasteiger partial charge is 0.253 e. The number of hydrogen-bond acceptors (Lipinski definition) is 5. The van der Waals surface area contributed by atoms with Crippen molar-refractivity contribution < 1.29 is 14.3 Å². The van der Waals surface area contributed by atoms with E-state index in [1.54, 1.807) is 19.4 Å². The first kappa shape index (κ1) is 22.1. The first-order valence-electron chi connectivity index (χ1n) is 11.5. The average Bonchev–Trinajstić information content (AvgIpc) is 2.87. The summed E-state index contributed by atoms with van der Waals surface area (Å²) in [6, 6.07) is 13.2. The highest BCUT2D eigenvalue weighted by Gasteiger charge is 2.27. The van der Waals surface area contributed by atoms with Crippen LogP contribution in [0.1, 0.15) is 36.0 Å². The molecule has 1 aromatic carbocycles. The van der Waals surface area contributed by atoms with Crippen molar-refractivity contribution in [3.8, 4) is 5.75 Å². The molecule has 2 saturated heterocycles. The molecular weight excluding hydrogens is 404 g/mol. The van der Waals surface area contributed by atoms with Crippen LogP contribution in [0.25, 0.3) is 0 Å². The van der Waals surface area contributed by atoms with Crippen molar-refractivity contribution in [2.75, 3.05) is 51.3 Å². The number of aromatic nitrogens is 1. The lowest BCUT2D eigenvalue weighted by Crippen LogP contribution is -2.49. The van der Waals surface area contributed by atoms with Gasteiger partial charge >= 0.3 is 0 Å². The molecule has 0 unspecified atom stereocenters. The number of carbonyl (C=O) groups excluding carboxylic acids is 2. The predicted molar refractivity (Wildman–Crippen MR) is 124 cm³/mol. The Balaban J connectivity index is 1.24. The highest BCUT2D eigenvalue weighted by atomic mass is 16.5. The van der Waals surface area contributed by atoms with E-state index in [0.717, 1.165) is 64.3 Å². The Morgan fingerprint density at radius 1 is 1.03 bits per heavy atom. The number of carbonyl (C=O) groups is 2. The molecule has 0 bridgehead atoms. The highest BCUT2D eigenvalue weighted by molar-refractivity contribution is 5.94. The van der Waals surface area contributed by atoms with Crippen LogP contribution in [0.15, 0.2) is 48.7 Å². The number of amides is 2. The number of ether oxygens (including phenoxy) is 1. The fourth-order valence-corrected chi connectivity index (χ4v) is 4.64. The van der Waals surface area contributed by atoms with Crippen LogP contribution in [0.4, 0.5) is 5.82 Å². The highest BCUT2D eigenvalue weighted by Crippen LogP contribution is 2.24. The van der Waals surface area contributed by atoms with Crippen molar-refractivity contribution in [2.24, 2.45) is 5.92 Å². The molecule has 32 heavy (non-hydrogen) atoms. The van der Waals surface area contributed by atoms with E-state index in [4.69, 9.17) is 4.74 Å². The fraction of sp³-hybridized carbons (Fsp3) is 0.480. The second-order valence-corrected chi connectivity index (χ2v) is 8.59. The van der Waals surface area contributed by atoms with E-state index < -0.39 is 0 Å². The molecule has 7 nitrogen and oxygen atoms in total. The van der Waals surface area contributed by atoms with Gasteiger partial charge in [-0.25, -0.2) is 4.98 Å². The van der Waals surface area contributed by atoms with Crippen molar-refractivity contribution >= 4 is 17.6 Å². The molecule has 1 atom stereocenters. The Hall–Kier alpha value is -3.09. The molecule has 3 heterocycles. The van der Waals surface area contributed by atoms with Crippen molar-refractivity contribution in [1.29, 1.82) is 0 Å². The molecule has 1 aromatic heterocycles. The van der Waals surface area contributed by atoms with Gasteiger partial charge in [0.05, 0.1) is 7.11 Å². The number of likely N-dealkylation sites (tertiary alicyclic amines) is 1. The molecule has 2 aliphatic heterocycles. The lowest BCUT2D eigenvalue weighted by atomic mass is 9.92. The Morgan fingerprint density at radius 3 is 2.62 bits per heavy atom. The van der Waals surface area contributed by atoms with Gasteiger partial charge < -0.3 is 19.4 Å². The molecule has 2 fully saturated rings. The van der Waals surface area contributed by atoms with Crippen molar-refractivity contribution in [2.45, 2.75) is 25.7 Å². The van der Waals surface area contributed by atoms with Gasteiger partial charge in [-0.3, -0.25) is 9.59 Å². The molecule has 0 saturated carbocycles. The Labute approximate surface area is 190 Å². The summed E-state index contributed by atoms with van der Waals surface area (Å²) in [5.74, 6) is 2.31. The van der Waals surface area contributed by atoms with Gasteiger partial charge in [-0.05, 0) is 55.5 Å². The summed E-state index contributed by atoms with van der Waals surface area (Å²) >= 11 is 0. The van der Waals surface area contributed by atoms with Crippen molar-refractivity contribution in [3.05, 3.63) is 54.2 Å². The molecule has 0 radical (unpaired) electrons. The second-order valence-electron chi connectivity index (χ2n) is 8.59. The Kier molecular flexibility index (Phi) is 7.24. The molecule has 170 valence electrons. The van der Waals surface area contributed by atoms with Gasteiger partial charge in [0.1, 0.15) is 11.6 Å². The molecule has 2 aliphatic rings. The van der Waals surface area contributed by atoms with E-state index >= 15 is 0 Å². The molecule has 2 amide bonds. The van der Waals surface area contributed by atoms with Crippen molar-refractivity contribution in [3.63, 3.8) is 0 Å². The predicted octanol–water partition coefficient (Wildman–Crippen LogP) is 3.07. The number of anilines is 1. The minimum Gasteiger partial charge on any atom is -0.497 e. The van der Waals surface area contributed by atoms with Crippen LogP contribution in [0, 0.1) is 5.92 Å². The maximum absolute atomic E-state index is 12.9. The normalized spacial score (nSPS) is 19.0. The standard InChI is InChI=1S/C25H32N4O3/c1-32-22-8-4-7-21(18-22)25(31)29-13-5-6-20(19-29)10-11-24(30)28-16-14-27(15-17-28)23-9-2-3-12-26-23/h2-4,7-9,12,18,20H,5-6,10-11,13-17,19H2,1H3/t20-/m1/s1. The number of nitrogens with zero attached hydrogens (tertiary/aromatic N) is 4. The van der Waals surface area contributed by atoms with Gasteiger partial charge in [0.25, 0.3) is 5.91 Å². The van der Waals surface area contributed by atoms with Gasteiger partial charge in [0, 0.05) is 57.4 Å². The summed E-state index contributed by atoms with van der Waals surface area (Å²) in [7, 11) is 1.61. The average molecular weight is 437 g/mol. The Morgan fingerprint density at radius 2 is 1.88 bits per heavy atom. The van der Waals surface area contributed by atoms with E-state index in [-0.39, 0.29) is 11.8 Å². The third-order valence-electron chi connectivity index (χ3n) is 6.49. The van der Waals surface area contributed by atoms with Crippen LogP contribution in [-0.4, -0.2) is 73.0 Å². The number of piperidine rings is 1. The van der Waals surface area contributed by atoms with E-state index in [9.17, 15) is 9.59 Å². The minimum atomic E-state index is 0.0468. The zero-order chi connectivity index (χ0) is 22.3. The van der Waals surface area contributed by atoms with Gasteiger partial charge in [-0.15, -0.1) is 0 Å². The summed E-state index contributed by atoms with van der Waals surface area (Å²) in [4.78, 5) is 36.3. The number of methoxy groups -OCH3 is 1. The van der Waals surface area contributed by atoms with Crippen LogP contribution < -0.4 is 9.64 Å². The first-order chi connectivity index (χ1) is 15.6. The van der Waals surface area contributed by atoms with E-state index in [0.29, 0.717) is 23.7 Å². The molecule has 0 N–H and O–H groups in total. The number of hydrogen-bond donors (Lipinski definition) is 0. The molecule has 7 heteroatoms. The largest absolute Gasteiger partial charge is 0.497 e. The van der Waals surface area contributed by atoms with Crippen LogP contribution in [0.2, 0.25) is 0 Å². The summed E-state index contributed by atoms with van der Waals surface area (Å²) in [6.45, 7) is 4.60. The lowest BCUT2D eigenvalue weighted by Gasteiger charge is -2.36. The monoisotopic (exact) mass is 436 g/mol. The van der Waals surface area contributed by atoms with Gasteiger partial charge in [0.2, 0.25) is 5.91 Å².